The minimum Gasteiger partial charge on any atom is -0.377 e. The maximum absolute atomic E-state index is 5.83. The van der Waals surface area contributed by atoms with Gasteiger partial charge >= 0.3 is 0 Å². The van der Waals surface area contributed by atoms with Crippen molar-refractivity contribution in [1.82, 2.24) is 10.3 Å². The van der Waals surface area contributed by atoms with Crippen LogP contribution in [0.1, 0.15) is 36.4 Å². The Morgan fingerprint density at radius 1 is 1.05 bits per heavy atom. The normalized spacial score (nSPS) is 20.1. The van der Waals surface area contributed by atoms with Gasteiger partial charge in [-0.2, -0.15) is 0 Å². The molecule has 0 aliphatic carbocycles. The Labute approximate surface area is 126 Å². The third-order valence-corrected chi connectivity index (χ3v) is 4.00. The van der Waals surface area contributed by atoms with Gasteiger partial charge in [-0.1, -0.05) is 30.3 Å². The zero-order valence-corrected chi connectivity index (χ0v) is 12.2. The van der Waals surface area contributed by atoms with E-state index in [4.69, 9.17) is 4.74 Å². The summed E-state index contributed by atoms with van der Waals surface area (Å²) in [5, 5.41) is 3.67. The van der Waals surface area contributed by atoms with E-state index >= 15 is 0 Å². The van der Waals surface area contributed by atoms with Crippen molar-refractivity contribution in [3.8, 4) is 0 Å². The Kier molecular flexibility index (Phi) is 4.98. The molecule has 0 bridgehead atoms. The van der Waals surface area contributed by atoms with Crippen LogP contribution in [0.15, 0.2) is 54.9 Å². The van der Waals surface area contributed by atoms with Gasteiger partial charge in [0.2, 0.25) is 0 Å². The van der Waals surface area contributed by atoms with E-state index in [0.29, 0.717) is 6.10 Å². The molecule has 110 valence electrons. The van der Waals surface area contributed by atoms with Crippen LogP contribution in [0.5, 0.6) is 0 Å². The number of nitrogens with one attached hydrogen (secondary N) is 1. The zero-order valence-electron chi connectivity index (χ0n) is 12.2. The third kappa shape index (κ3) is 3.90. The van der Waals surface area contributed by atoms with E-state index in [-0.39, 0.29) is 6.04 Å². The number of pyridine rings is 1. The van der Waals surface area contributed by atoms with E-state index < -0.39 is 0 Å². The predicted octanol–water partition coefficient (Wildman–Crippen LogP) is 3.33. The molecule has 1 aromatic carbocycles. The minimum absolute atomic E-state index is 0.194. The van der Waals surface area contributed by atoms with Crippen molar-refractivity contribution in [2.75, 3.05) is 13.2 Å². The van der Waals surface area contributed by atoms with Gasteiger partial charge in [0.15, 0.2) is 0 Å². The molecule has 1 aromatic heterocycles. The summed E-state index contributed by atoms with van der Waals surface area (Å²) in [6.45, 7) is 1.79. The van der Waals surface area contributed by atoms with Crippen molar-refractivity contribution in [3.63, 3.8) is 0 Å². The summed E-state index contributed by atoms with van der Waals surface area (Å²) in [5.41, 5.74) is 2.52. The molecule has 0 unspecified atom stereocenters. The van der Waals surface area contributed by atoms with Gasteiger partial charge in [-0.3, -0.25) is 4.98 Å². The lowest BCUT2D eigenvalue weighted by Crippen LogP contribution is -2.34. The molecule has 0 amide bonds. The van der Waals surface area contributed by atoms with Gasteiger partial charge in [-0.05, 0) is 42.5 Å². The fraction of sp³-hybridized carbons (Fsp3) is 0.389. The van der Waals surface area contributed by atoms with E-state index in [1.165, 1.54) is 24.0 Å². The minimum atomic E-state index is 0.194. The molecule has 1 aliphatic rings. The summed E-state index contributed by atoms with van der Waals surface area (Å²) < 4.78 is 5.83. The quantitative estimate of drug-likeness (QED) is 0.913. The van der Waals surface area contributed by atoms with Gasteiger partial charge in [0, 0.05) is 25.5 Å². The van der Waals surface area contributed by atoms with E-state index in [1.807, 2.05) is 12.4 Å². The highest BCUT2D eigenvalue weighted by atomic mass is 16.5. The molecule has 1 fully saturated rings. The molecule has 3 nitrogen and oxygen atoms in total. The second-order valence-electron chi connectivity index (χ2n) is 5.52. The summed E-state index contributed by atoms with van der Waals surface area (Å²) in [6, 6.07) is 14.9. The Balaban J connectivity index is 1.73. The maximum Gasteiger partial charge on any atom is 0.0699 e. The van der Waals surface area contributed by atoms with Crippen LogP contribution in [0.2, 0.25) is 0 Å². The van der Waals surface area contributed by atoms with Gasteiger partial charge in [0.05, 0.1) is 12.1 Å². The first kappa shape index (κ1) is 14.2. The summed E-state index contributed by atoms with van der Waals surface area (Å²) >= 11 is 0. The number of rotatable bonds is 5. The highest BCUT2D eigenvalue weighted by Crippen LogP contribution is 2.22. The molecule has 3 rings (SSSR count). The van der Waals surface area contributed by atoms with Crippen molar-refractivity contribution < 1.29 is 4.74 Å². The van der Waals surface area contributed by atoms with E-state index in [9.17, 15) is 0 Å². The van der Waals surface area contributed by atoms with Crippen molar-refractivity contribution in [2.24, 2.45) is 0 Å². The first-order valence-corrected chi connectivity index (χ1v) is 7.73. The average Bonchev–Trinajstić information content (AvgIpc) is 2.58. The largest absolute Gasteiger partial charge is 0.377 e. The van der Waals surface area contributed by atoms with Crippen LogP contribution >= 0.6 is 0 Å². The fourth-order valence-corrected chi connectivity index (χ4v) is 2.85. The molecular formula is C18H22N2O. The molecular weight excluding hydrogens is 260 g/mol. The number of ether oxygens (including phenoxy) is 1. The lowest BCUT2D eigenvalue weighted by Gasteiger charge is -2.26. The standard InChI is InChI=1S/C18H22N2O/c1-2-6-15(7-3-1)18(16-9-11-19-12-10-16)20-14-17-8-4-5-13-21-17/h1-3,6-7,9-12,17-18,20H,4-5,8,13-14H2/t17-,18+/m1/s1. The smallest absolute Gasteiger partial charge is 0.0699 e. The number of hydrogen-bond acceptors (Lipinski definition) is 3. The van der Waals surface area contributed by atoms with Gasteiger partial charge in [-0.15, -0.1) is 0 Å². The molecule has 2 aromatic rings. The van der Waals surface area contributed by atoms with Crippen molar-refractivity contribution >= 4 is 0 Å². The Hall–Kier alpha value is -1.71. The summed E-state index contributed by atoms with van der Waals surface area (Å²) in [4.78, 5) is 4.12. The Morgan fingerprint density at radius 3 is 2.52 bits per heavy atom. The van der Waals surface area contributed by atoms with Crippen LogP contribution in [0.3, 0.4) is 0 Å². The van der Waals surface area contributed by atoms with E-state index in [0.717, 1.165) is 19.6 Å². The Bertz CT molecular complexity index is 484. The molecule has 2 heterocycles. The summed E-state index contributed by atoms with van der Waals surface area (Å²) in [6.07, 6.45) is 7.67. The first-order valence-electron chi connectivity index (χ1n) is 7.73. The van der Waals surface area contributed by atoms with Crippen molar-refractivity contribution in [1.29, 1.82) is 0 Å². The van der Waals surface area contributed by atoms with Crippen LogP contribution in [-0.4, -0.2) is 24.2 Å². The monoisotopic (exact) mass is 282 g/mol. The molecule has 2 atom stereocenters. The van der Waals surface area contributed by atoms with Crippen LogP contribution in [0, 0.1) is 0 Å². The first-order chi connectivity index (χ1) is 10.4. The number of hydrogen-bond donors (Lipinski definition) is 1. The highest BCUT2D eigenvalue weighted by molar-refractivity contribution is 5.30. The molecule has 0 spiro atoms. The highest BCUT2D eigenvalue weighted by Gasteiger charge is 2.18. The van der Waals surface area contributed by atoms with Gasteiger partial charge in [0.1, 0.15) is 0 Å². The van der Waals surface area contributed by atoms with Crippen molar-refractivity contribution in [2.45, 2.75) is 31.4 Å². The molecule has 1 aliphatic heterocycles. The van der Waals surface area contributed by atoms with Crippen LogP contribution in [0.4, 0.5) is 0 Å². The summed E-state index contributed by atoms with van der Waals surface area (Å²) in [5.74, 6) is 0. The SMILES string of the molecule is c1ccc([C@H](NC[C@H]2CCCCO2)c2ccncc2)cc1. The Morgan fingerprint density at radius 2 is 1.81 bits per heavy atom. The molecule has 0 radical (unpaired) electrons. The molecule has 1 N–H and O–H groups in total. The molecule has 0 saturated carbocycles. The fourth-order valence-electron chi connectivity index (χ4n) is 2.85. The topological polar surface area (TPSA) is 34.1 Å². The van der Waals surface area contributed by atoms with Crippen LogP contribution in [-0.2, 0) is 4.74 Å². The van der Waals surface area contributed by atoms with Crippen LogP contribution in [0.25, 0.3) is 0 Å². The van der Waals surface area contributed by atoms with Crippen molar-refractivity contribution in [3.05, 3.63) is 66.0 Å². The van der Waals surface area contributed by atoms with E-state index in [2.05, 4.69) is 52.8 Å². The molecule has 21 heavy (non-hydrogen) atoms. The maximum atomic E-state index is 5.83. The predicted molar refractivity (Wildman–Crippen MR) is 84.1 cm³/mol. The third-order valence-electron chi connectivity index (χ3n) is 4.00. The van der Waals surface area contributed by atoms with Gasteiger partial charge in [-0.25, -0.2) is 0 Å². The number of benzene rings is 1. The van der Waals surface area contributed by atoms with Gasteiger partial charge < -0.3 is 10.1 Å². The number of aromatic nitrogens is 1. The van der Waals surface area contributed by atoms with Crippen LogP contribution < -0.4 is 5.32 Å². The summed E-state index contributed by atoms with van der Waals surface area (Å²) in [7, 11) is 0. The van der Waals surface area contributed by atoms with Gasteiger partial charge in [0.25, 0.3) is 0 Å². The second-order valence-corrected chi connectivity index (χ2v) is 5.52. The average molecular weight is 282 g/mol. The van der Waals surface area contributed by atoms with E-state index in [1.54, 1.807) is 0 Å². The second kappa shape index (κ2) is 7.34. The lowest BCUT2D eigenvalue weighted by atomic mass is 9.99. The zero-order chi connectivity index (χ0) is 14.3. The number of nitrogens with zero attached hydrogens (tertiary/aromatic N) is 1. The molecule has 1 saturated heterocycles. The lowest BCUT2D eigenvalue weighted by molar-refractivity contribution is 0.0159. The molecule has 3 heteroatoms.